The summed E-state index contributed by atoms with van der Waals surface area (Å²) in [5.41, 5.74) is 5.42. The third-order valence-corrected chi connectivity index (χ3v) is 20.7. The highest BCUT2D eigenvalue weighted by Gasteiger charge is 2.26. The highest BCUT2D eigenvalue weighted by atomic mass is 31.2. The number of unbranched alkanes of at least 4 members (excludes halogenated alkanes) is 62. The van der Waals surface area contributed by atoms with Gasteiger partial charge in [0.2, 0.25) is 0 Å². The lowest BCUT2D eigenvalue weighted by Crippen LogP contribution is -2.29. The van der Waals surface area contributed by atoms with Gasteiger partial charge in [0.05, 0.1) is 13.2 Å². The number of phosphoric ester groups is 1. The molecule has 0 spiro atoms. The van der Waals surface area contributed by atoms with Gasteiger partial charge in [-0.05, 0) is 77.0 Å². The summed E-state index contributed by atoms with van der Waals surface area (Å²) in [6.45, 7) is 3.82. The number of carbonyl (C=O) groups is 2. The highest BCUT2D eigenvalue weighted by Crippen LogP contribution is 2.43. The van der Waals surface area contributed by atoms with Crippen molar-refractivity contribution in [1.82, 2.24) is 0 Å². The Balaban J connectivity index is 3.72. The lowest BCUT2D eigenvalue weighted by atomic mass is 10.0. The first-order chi connectivity index (χ1) is 47.8. The van der Waals surface area contributed by atoms with Crippen LogP contribution in [0.3, 0.4) is 0 Å². The molecule has 0 saturated heterocycles. The molecular weight excluding hydrogens is 1220 g/mol. The first-order valence-electron chi connectivity index (χ1n) is 43.1. The molecule has 0 aromatic rings. The number of rotatable bonds is 83. The second-order valence-electron chi connectivity index (χ2n) is 29.4. The number of hydrogen-bond acceptors (Lipinski definition) is 8. The molecule has 0 bridgehead atoms. The van der Waals surface area contributed by atoms with E-state index in [0.717, 1.165) is 44.9 Å². The van der Waals surface area contributed by atoms with Gasteiger partial charge in [-0.2, -0.15) is 0 Å². The van der Waals surface area contributed by atoms with E-state index in [0.29, 0.717) is 6.42 Å². The van der Waals surface area contributed by atoms with Crippen molar-refractivity contribution in [2.45, 2.75) is 469 Å². The molecule has 9 nitrogen and oxygen atoms in total. The molecule has 0 aromatic heterocycles. The van der Waals surface area contributed by atoms with E-state index in [9.17, 15) is 19.0 Å². The summed E-state index contributed by atoms with van der Waals surface area (Å²) < 4.78 is 33.3. The van der Waals surface area contributed by atoms with Crippen LogP contribution in [-0.4, -0.2) is 49.3 Å². The Morgan fingerprint density at radius 2 is 0.536 bits per heavy atom. The number of esters is 2. The molecular formula is C87H166NO8P. The van der Waals surface area contributed by atoms with Crippen molar-refractivity contribution in [3.8, 4) is 0 Å². The molecule has 2 unspecified atom stereocenters. The smallest absolute Gasteiger partial charge is 0.462 e. The Hall–Kier alpha value is -2.03. The maximum Gasteiger partial charge on any atom is 0.472 e. The van der Waals surface area contributed by atoms with Crippen molar-refractivity contribution >= 4 is 19.8 Å². The normalized spacial score (nSPS) is 13.0. The minimum absolute atomic E-state index is 0.0563. The van der Waals surface area contributed by atoms with Gasteiger partial charge >= 0.3 is 19.8 Å². The molecule has 0 aliphatic heterocycles. The topological polar surface area (TPSA) is 134 Å². The summed E-state index contributed by atoms with van der Waals surface area (Å²) >= 11 is 0. The number of allylic oxidation sites excluding steroid dienone is 8. The van der Waals surface area contributed by atoms with Crippen LogP contribution in [0.4, 0.5) is 0 Å². The van der Waals surface area contributed by atoms with Crippen molar-refractivity contribution in [3.05, 3.63) is 48.6 Å². The van der Waals surface area contributed by atoms with Gasteiger partial charge in [-0.1, -0.05) is 422 Å². The minimum atomic E-state index is -4.40. The summed E-state index contributed by atoms with van der Waals surface area (Å²) in [6, 6.07) is 0. The van der Waals surface area contributed by atoms with Gasteiger partial charge in [0.1, 0.15) is 6.61 Å². The molecule has 0 saturated carbocycles. The quantitative estimate of drug-likeness (QED) is 0.0264. The van der Waals surface area contributed by atoms with Crippen molar-refractivity contribution in [2.24, 2.45) is 5.73 Å². The van der Waals surface area contributed by atoms with Crippen LogP contribution in [-0.2, 0) is 32.7 Å². The molecule has 0 aliphatic carbocycles. The molecule has 0 aliphatic rings. The van der Waals surface area contributed by atoms with Gasteiger partial charge in [0.15, 0.2) is 6.10 Å². The standard InChI is InChI=1S/C87H166NO8P/c1-3-5-7-9-11-13-15-17-19-21-23-25-27-29-31-33-35-37-39-41-42-44-45-47-49-51-53-55-57-59-61-63-65-67-69-71-73-75-77-79-86(89)93-83-85(84-95-97(91,92)94-82-81-88)96-87(90)80-78-76-74-72-70-68-66-64-62-60-58-56-54-52-50-48-46-43-40-38-36-34-32-30-28-26-24-22-20-18-16-14-12-10-8-6-4-2/h16,18,21-24,28,30,85H,3-15,17,19-20,25-27,29,31-84,88H2,1-2H3,(H,91,92)/b18-16-,23-21-,24-22-,30-28-. The molecule has 572 valence electrons. The first kappa shape index (κ1) is 95.0. The maximum atomic E-state index is 12.8. The van der Waals surface area contributed by atoms with E-state index in [1.165, 1.54) is 385 Å². The Bertz CT molecular complexity index is 1730. The third-order valence-electron chi connectivity index (χ3n) is 19.7. The average molecular weight is 1390 g/mol. The predicted octanol–water partition coefficient (Wildman–Crippen LogP) is 29.1. The molecule has 0 aromatic carbocycles. The molecule has 0 amide bonds. The van der Waals surface area contributed by atoms with Gasteiger partial charge in [0, 0.05) is 19.4 Å². The summed E-state index contributed by atoms with van der Waals surface area (Å²) in [4.78, 5) is 35.5. The number of nitrogens with two attached hydrogens (primary N) is 1. The minimum Gasteiger partial charge on any atom is -0.462 e. The molecule has 3 N–H and O–H groups in total. The average Bonchev–Trinajstić information content (AvgIpc) is 2.17. The third kappa shape index (κ3) is 82.8. The zero-order chi connectivity index (χ0) is 70.0. The summed E-state index contributed by atoms with van der Waals surface area (Å²) in [5, 5.41) is 0. The van der Waals surface area contributed by atoms with E-state index < -0.39 is 26.5 Å². The fraction of sp³-hybridized carbons (Fsp3) is 0.885. The van der Waals surface area contributed by atoms with Crippen LogP contribution >= 0.6 is 7.82 Å². The van der Waals surface area contributed by atoms with Crippen LogP contribution in [0.2, 0.25) is 0 Å². The van der Waals surface area contributed by atoms with Crippen LogP contribution < -0.4 is 5.73 Å². The van der Waals surface area contributed by atoms with Crippen LogP contribution in [0.15, 0.2) is 48.6 Å². The van der Waals surface area contributed by atoms with Gasteiger partial charge in [-0.15, -0.1) is 0 Å². The van der Waals surface area contributed by atoms with Crippen molar-refractivity contribution in [3.63, 3.8) is 0 Å². The molecule has 97 heavy (non-hydrogen) atoms. The first-order valence-corrected chi connectivity index (χ1v) is 44.6. The largest absolute Gasteiger partial charge is 0.472 e. The van der Waals surface area contributed by atoms with E-state index in [4.69, 9.17) is 24.3 Å². The van der Waals surface area contributed by atoms with Crippen molar-refractivity contribution < 1.29 is 37.6 Å². The summed E-state index contributed by atoms with van der Waals surface area (Å²) in [5.74, 6) is -0.800. The van der Waals surface area contributed by atoms with Gasteiger partial charge < -0.3 is 20.1 Å². The van der Waals surface area contributed by atoms with Crippen molar-refractivity contribution in [2.75, 3.05) is 26.4 Å². The lowest BCUT2D eigenvalue weighted by Gasteiger charge is -2.19. The molecule has 0 rings (SSSR count). The lowest BCUT2D eigenvalue weighted by molar-refractivity contribution is -0.161. The number of hydrogen-bond donors (Lipinski definition) is 2. The second kappa shape index (κ2) is 82.9. The fourth-order valence-corrected chi connectivity index (χ4v) is 14.1. The van der Waals surface area contributed by atoms with E-state index in [1.807, 2.05) is 0 Å². The molecule has 0 fully saturated rings. The second-order valence-corrected chi connectivity index (χ2v) is 30.9. The van der Waals surface area contributed by atoms with Crippen LogP contribution in [0.25, 0.3) is 0 Å². The highest BCUT2D eigenvalue weighted by molar-refractivity contribution is 7.47. The Kier molecular flexibility index (Phi) is 81.2. The summed E-state index contributed by atoms with van der Waals surface area (Å²) in [7, 11) is -4.40. The molecule has 2 atom stereocenters. The SMILES string of the molecule is CCCCCCC/C=C\C/C=C\C/C=C\CCCCCCCCCCCCCCCCCCCCCCCCC(=O)OC(COC(=O)CCCCCCCCCCCCCCCCCCCCCCCCCCCCC/C=C\CCCCCCCCCC)COP(=O)(O)OCCN. The zero-order valence-corrected chi connectivity index (χ0v) is 65.7. The van der Waals surface area contributed by atoms with Crippen LogP contribution in [0, 0.1) is 0 Å². The van der Waals surface area contributed by atoms with Crippen LogP contribution in [0.5, 0.6) is 0 Å². The van der Waals surface area contributed by atoms with Gasteiger partial charge in [-0.25, -0.2) is 4.57 Å². The Morgan fingerprint density at radius 1 is 0.309 bits per heavy atom. The fourth-order valence-electron chi connectivity index (χ4n) is 13.3. The predicted molar refractivity (Wildman–Crippen MR) is 423 cm³/mol. The molecule has 0 radical (unpaired) electrons. The van der Waals surface area contributed by atoms with E-state index in [2.05, 4.69) is 62.5 Å². The van der Waals surface area contributed by atoms with E-state index >= 15 is 0 Å². The van der Waals surface area contributed by atoms with Crippen LogP contribution in [0.1, 0.15) is 463 Å². The Labute approximate surface area is 604 Å². The monoisotopic (exact) mass is 1380 g/mol. The zero-order valence-electron chi connectivity index (χ0n) is 64.9. The van der Waals surface area contributed by atoms with E-state index in [-0.39, 0.29) is 38.6 Å². The van der Waals surface area contributed by atoms with Crippen molar-refractivity contribution in [1.29, 1.82) is 0 Å². The Morgan fingerprint density at radius 3 is 0.804 bits per heavy atom. The number of phosphoric acid groups is 1. The van der Waals surface area contributed by atoms with Gasteiger partial charge in [-0.3, -0.25) is 18.6 Å². The van der Waals surface area contributed by atoms with E-state index in [1.54, 1.807) is 0 Å². The maximum absolute atomic E-state index is 12.8. The molecule has 10 heteroatoms. The molecule has 0 heterocycles. The number of ether oxygens (including phenoxy) is 2. The summed E-state index contributed by atoms with van der Waals surface area (Å²) in [6.07, 6.45) is 109. The van der Waals surface area contributed by atoms with Gasteiger partial charge in [0.25, 0.3) is 0 Å². The number of carbonyl (C=O) groups excluding carboxylic acids is 2.